The van der Waals surface area contributed by atoms with Crippen molar-refractivity contribution in [1.29, 1.82) is 5.26 Å². The van der Waals surface area contributed by atoms with E-state index in [1.807, 2.05) is 4.90 Å². The quantitative estimate of drug-likeness (QED) is 0.843. The van der Waals surface area contributed by atoms with E-state index < -0.39 is 12.0 Å². The van der Waals surface area contributed by atoms with Gasteiger partial charge < -0.3 is 4.57 Å². The van der Waals surface area contributed by atoms with Crippen LogP contribution < -0.4 is 0 Å². The first-order valence-corrected chi connectivity index (χ1v) is 7.17. The van der Waals surface area contributed by atoms with E-state index in [9.17, 15) is 18.4 Å². The zero-order valence-electron chi connectivity index (χ0n) is 11.8. The first kappa shape index (κ1) is 15.8. The van der Waals surface area contributed by atoms with Gasteiger partial charge >= 0.3 is 6.18 Å². The van der Waals surface area contributed by atoms with Crippen molar-refractivity contribution in [2.45, 2.75) is 25.8 Å². The van der Waals surface area contributed by atoms with Crippen LogP contribution in [-0.4, -0.2) is 26.2 Å². The second-order valence-electron chi connectivity index (χ2n) is 5.19. The minimum absolute atomic E-state index is 0.152. The fourth-order valence-corrected chi connectivity index (χ4v) is 2.86. The molecule has 0 radical (unpaired) electrons. The molecule has 2 heterocycles. The van der Waals surface area contributed by atoms with Crippen molar-refractivity contribution >= 4 is 11.6 Å². The highest BCUT2D eigenvalue weighted by Crippen LogP contribution is 2.30. The van der Waals surface area contributed by atoms with Crippen molar-refractivity contribution in [2.75, 3.05) is 6.54 Å². The molecular weight excluding hydrogens is 331 g/mol. The smallest absolute Gasteiger partial charge is 0.305 e. The van der Waals surface area contributed by atoms with Gasteiger partial charge in [0, 0.05) is 19.6 Å². The number of alkyl halides is 3. The SMILES string of the molecule is N#Cc1c(Cl)cccc1CN1CCn2c(nnc2C(F)(F)F)C1. The second kappa shape index (κ2) is 5.83. The Balaban J connectivity index is 1.81. The van der Waals surface area contributed by atoms with E-state index in [-0.39, 0.29) is 18.9 Å². The standard InChI is InChI=1S/C14H11ClF3N5/c15-11-3-1-2-9(10(11)6-19)7-22-4-5-23-12(8-22)20-21-13(23)14(16,17)18/h1-3H,4-5,7-8H2. The molecule has 2 aromatic rings. The number of rotatable bonds is 2. The Morgan fingerprint density at radius 3 is 2.74 bits per heavy atom. The van der Waals surface area contributed by atoms with Crippen LogP contribution >= 0.6 is 11.6 Å². The Morgan fingerprint density at radius 1 is 1.26 bits per heavy atom. The average Bonchev–Trinajstić information content (AvgIpc) is 2.90. The Morgan fingerprint density at radius 2 is 2.04 bits per heavy atom. The van der Waals surface area contributed by atoms with Gasteiger partial charge in [-0.2, -0.15) is 18.4 Å². The van der Waals surface area contributed by atoms with Crippen molar-refractivity contribution in [1.82, 2.24) is 19.7 Å². The lowest BCUT2D eigenvalue weighted by molar-refractivity contribution is -0.148. The molecule has 0 N–H and O–H groups in total. The number of benzene rings is 1. The topological polar surface area (TPSA) is 57.7 Å². The van der Waals surface area contributed by atoms with E-state index in [0.29, 0.717) is 23.7 Å². The van der Waals surface area contributed by atoms with Crippen molar-refractivity contribution < 1.29 is 13.2 Å². The van der Waals surface area contributed by atoms with Gasteiger partial charge in [0.15, 0.2) is 0 Å². The van der Waals surface area contributed by atoms with Crippen LogP contribution in [0.25, 0.3) is 0 Å². The van der Waals surface area contributed by atoms with E-state index in [2.05, 4.69) is 16.3 Å². The molecule has 23 heavy (non-hydrogen) atoms. The zero-order valence-corrected chi connectivity index (χ0v) is 12.6. The normalized spacial score (nSPS) is 15.3. The predicted molar refractivity (Wildman–Crippen MR) is 75.3 cm³/mol. The highest BCUT2D eigenvalue weighted by Gasteiger charge is 2.39. The maximum absolute atomic E-state index is 12.8. The second-order valence-corrected chi connectivity index (χ2v) is 5.59. The third kappa shape index (κ3) is 3.02. The molecule has 3 rings (SSSR count). The molecule has 120 valence electrons. The van der Waals surface area contributed by atoms with E-state index in [1.54, 1.807) is 18.2 Å². The van der Waals surface area contributed by atoms with Crippen molar-refractivity contribution in [3.8, 4) is 6.07 Å². The molecule has 0 spiro atoms. The lowest BCUT2D eigenvalue weighted by atomic mass is 10.1. The summed E-state index contributed by atoms with van der Waals surface area (Å²) in [6.45, 7) is 1.21. The first-order valence-electron chi connectivity index (χ1n) is 6.79. The molecule has 1 aromatic heterocycles. The summed E-state index contributed by atoms with van der Waals surface area (Å²) < 4.78 is 39.5. The Hall–Kier alpha value is -2.11. The van der Waals surface area contributed by atoms with Gasteiger partial charge in [0.25, 0.3) is 0 Å². The fraction of sp³-hybridized carbons (Fsp3) is 0.357. The van der Waals surface area contributed by atoms with Crippen LogP contribution in [0.1, 0.15) is 22.8 Å². The largest absolute Gasteiger partial charge is 0.451 e. The van der Waals surface area contributed by atoms with Crippen molar-refractivity contribution in [3.63, 3.8) is 0 Å². The third-order valence-electron chi connectivity index (χ3n) is 3.69. The Kier molecular flexibility index (Phi) is 4.00. The van der Waals surface area contributed by atoms with Gasteiger partial charge in [-0.1, -0.05) is 23.7 Å². The van der Waals surface area contributed by atoms with E-state index in [1.165, 1.54) is 0 Å². The number of aromatic nitrogens is 3. The summed E-state index contributed by atoms with van der Waals surface area (Å²) in [5.41, 5.74) is 1.13. The van der Waals surface area contributed by atoms with Gasteiger partial charge in [-0.15, -0.1) is 10.2 Å². The summed E-state index contributed by atoms with van der Waals surface area (Å²) >= 11 is 5.99. The molecule has 9 heteroatoms. The van der Waals surface area contributed by atoms with Crippen LogP contribution in [0, 0.1) is 11.3 Å². The van der Waals surface area contributed by atoms with Crippen LogP contribution in [0.2, 0.25) is 5.02 Å². The van der Waals surface area contributed by atoms with Crippen LogP contribution in [0.3, 0.4) is 0 Å². The summed E-state index contributed by atoms with van der Waals surface area (Å²) in [6.07, 6.45) is -4.51. The van der Waals surface area contributed by atoms with Gasteiger partial charge in [0.05, 0.1) is 17.1 Å². The van der Waals surface area contributed by atoms with Crippen molar-refractivity contribution in [2.24, 2.45) is 0 Å². The van der Waals surface area contributed by atoms with Gasteiger partial charge in [0.1, 0.15) is 11.9 Å². The molecule has 1 aromatic carbocycles. The summed E-state index contributed by atoms with van der Waals surface area (Å²) in [6, 6.07) is 7.21. The Labute approximate surface area is 134 Å². The summed E-state index contributed by atoms with van der Waals surface area (Å²) in [7, 11) is 0. The molecule has 5 nitrogen and oxygen atoms in total. The van der Waals surface area contributed by atoms with Gasteiger partial charge in [0.2, 0.25) is 5.82 Å². The number of nitrogens with zero attached hydrogens (tertiary/aromatic N) is 5. The third-order valence-corrected chi connectivity index (χ3v) is 4.01. The van der Waals surface area contributed by atoms with Gasteiger partial charge in [-0.05, 0) is 11.6 Å². The molecule has 0 amide bonds. The molecule has 0 bridgehead atoms. The lowest BCUT2D eigenvalue weighted by Gasteiger charge is -2.28. The number of halogens is 4. The zero-order chi connectivity index (χ0) is 16.6. The van der Waals surface area contributed by atoms with Gasteiger partial charge in [-0.3, -0.25) is 4.90 Å². The molecule has 0 saturated carbocycles. The molecule has 0 saturated heterocycles. The van der Waals surface area contributed by atoms with Crippen molar-refractivity contribution in [3.05, 3.63) is 46.0 Å². The summed E-state index contributed by atoms with van der Waals surface area (Å²) in [5.74, 6) is -0.697. The minimum atomic E-state index is -4.51. The fourth-order valence-electron chi connectivity index (χ4n) is 2.62. The number of fused-ring (bicyclic) bond motifs is 1. The lowest BCUT2D eigenvalue weighted by Crippen LogP contribution is -2.35. The molecule has 0 unspecified atom stereocenters. The summed E-state index contributed by atoms with van der Waals surface area (Å²) in [4.78, 5) is 1.91. The number of hydrogen-bond acceptors (Lipinski definition) is 4. The predicted octanol–water partition coefficient (Wildman–Crippen LogP) is 2.84. The maximum atomic E-state index is 12.8. The van der Waals surface area contributed by atoms with E-state index in [4.69, 9.17) is 11.6 Å². The van der Waals surface area contributed by atoms with E-state index in [0.717, 1.165) is 10.1 Å². The monoisotopic (exact) mass is 341 g/mol. The average molecular weight is 342 g/mol. The van der Waals surface area contributed by atoms with E-state index >= 15 is 0 Å². The number of nitriles is 1. The first-order chi connectivity index (χ1) is 10.9. The number of hydrogen-bond donors (Lipinski definition) is 0. The molecule has 1 aliphatic heterocycles. The minimum Gasteiger partial charge on any atom is -0.305 e. The molecule has 0 atom stereocenters. The highest BCUT2D eigenvalue weighted by molar-refractivity contribution is 6.31. The maximum Gasteiger partial charge on any atom is 0.451 e. The summed E-state index contributed by atoms with van der Waals surface area (Å²) in [5, 5.41) is 16.4. The molecule has 1 aliphatic rings. The molecule has 0 aliphatic carbocycles. The van der Waals surface area contributed by atoms with Crippen LogP contribution in [0.4, 0.5) is 13.2 Å². The Bertz CT molecular complexity index is 778. The van der Waals surface area contributed by atoms with Crippen LogP contribution in [0.5, 0.6) is 0 Å². The molecule has 0 fully saturated rings. The highest BCUT2D eigenvalue weighted by atomic mass is 35.5. The van der Waals surface area contributed by atoms with Crippen LogP contribution in [0.15, 0.2) is 18.2 Å². The molecular formula is C14H11ClF3N5. The van der Waals surface area contributed by atoms with Gasteiger partial charge in [-0.25, -0.2) is 0 Å². The van der Waals surface area contributed by atoms with Crippen LogP contribution in [-0.2, 0) is 25.8 Å².